The summed E-state index contributed by atoms with van der Waals surface area (Å²) in [7, 11) is 0. The molecule has 0 aromatic carbocycles. The van der Waals surface area contributed by atoms with Gasteiger partial charge < -0.3 is 4.74 Å². The fraction of sp³-hybridized carbons (Fsp3) is 0.636. The van der Waals surface area contributed by atoms with Crippen molar-refractivity contribution in [3.8, 4) is 0 Å². The first-order valence-corrected chi connectivity index (χ1v) is 5.02. The molecular weight excluding hydrogens is 205 g/mol. The predicted molar refractivity (Wildman–Crippen MR) is 52.0 cm³/mol. The lowest BCUT2D eigenvalue weighted by Crippen LogP contribution is -2.14. The van der Waals surface area contributed by atoms with Gasteiger partial charge in [0.25, 0.3) is 0 Å². The van der Waals surface area contributed by atoms with Gasteiger partial charge in [-0.15, -0.1) is 13.2 Å². The first kappa shape index (κ1) is 12.1. The van der Waals surface area contributed by atoms with Crippen molar-refractivity contribution in [3.05, 3.63) is 23.5 Å². The maximum atomic E-state index is 11.9. The van der Waals surface area contributed by atoms with Crippen molar-refractivity contribution < 1.29 is 17.9 Å². The summed E-state index contributed by atoms with van der Waals surface area (Å²) < 4.78 is 39.8. The van der Waals surface area contributed by atoms with E-state index in [1.54, 1.807) is 0 Å². The van der Waals surface area contributed by atoms with Crippen LogP contribution in [0.5, 0.6) is 0 Å². The summed E-state index contributed by atoms with van der Waals surface area (Å²) in [5.74, 6) is 0.471. The SMILES string of the molecule is CC(C)CC1=CCCC(OC(F)(F)F)=C1. The Labute approximate surface area is 87.6 Å². The topological polar surface area (TPSA) is 9.23 Å². The molecule has 0 aromatic rings. The Kier molecular flexibility index (Phi) is 3.83. The van der Waals surface area contributed by atoms with E-state index in [1.165, 1.54) is 6.08 Å². The zero-order valence-corrected chi connectivity index (χ0v) is 8.90. The van der Waals surface area contributed by atoms with E-state index in [1.807, 2.05) is 19.9 Å². The van der Waals surface area contributed by atoms with Crippen LogP contribution in [0.1, 0.15) is 33.1 Å². The largest absolute Gasteiger partial charge is 0.572 e. The van der Waals surface area contributed by atoms with E-state index >= 15 is 0 Å². The third-order valence-electron chi connectivity index (χ3n) is 2.03. The van der Waals surface area contributed by atoms with E-state index in [0.717, 1.165) is 12.0 Å². The van der Waals surface area contributed by atoms with E-state index in [4.69, 9.17) is 0 Å². The molecule has 15 heavy (non-hydrogen) atoms. The molecule has 0 atom stereocenters. The van der Waals surface area contributed by atoms with Gasteiger partial charge in [0.1, 0.15) is 5.76 Å². The van der Waals surface area contributed by atoms with Crippen molar-refractivity contribution in [1.82, 2.24) is 0 Å². The molecule has 0 bridgehead atoms. The summed E-state index contributed by atoms with van der Waals surface area (Å²) >= 11 is 0. The zero-order valence-electron chi connectivity index (χ0n) is 8.90. The standard InChI is InChI=1S/C11H15F3O/c1-8(2)6-9-4-3-5-10(7-9)15-11(12,13)14/h4,7-8H,3,5-6H2,1-2H3. The van der Waals surface area contributed by atoms with E-state index in [2.05, 4.69) is 4.74 Å². The molecule has 0 amide bonds. The lowest BCUT2D eigenvalue weighted by atomic mass is 9.97. The second-order valence-electron chi connectivity index (χ2n) is 4.07. The van der Waals surface area contributed by atoms with Gasteiger partial charge in [-0.1, -0.05) is 19.9 Å². The van der Waals surface area contributed by atoms with Crippen LogP contribution in [-0.2, 0) is 4.74 Å². The second-order valence-corrected chi connectivity index (χ2v) is 4.07. The van der Waals surface area contributed by atoms with Gasteiger partial charge >= 0.3 is 6.36 Å². The van der Waals surface area contributed by atoms with Crippen molar-refractivity contribution in [3.63, 3.8) is 0 Å². The minimum atomic E-state index is -4.56. The van der Waals surface area contributed by atoms with E-state index in [-0.39, 0.29) is 5.76 Å². The summed E-state index contributed by atoms with van der Waals surface area (Å²) in [4.78, 5) is 0. The van der Waals surface area contributed by atoms with Gasteiger partial charge in [0, 0.05) is 6.42 Å². The molecule has 0 heterocycles. The average Bonchev–Trinajstić information content (AvgIpc) is 1.99. The number of hydrogen-bond donors (Lipinski definition) is 0. The highest BCUT2D eigenvalue weighted by atomic mass is 19.4. The van der Waals surface area contributed by atoms with Gasteiger partial charge in [-0.3, -0.25) is 0 Å². The monoisotopic (exact) mass is 220 g/mol. The van der Waals surface area contributed by atoms with Gasteiger partial charge in [-0.25, -0.2) is 0 Å². The van der Waals surface area contributed by atoms with Crippen molar-refractivity contribution in [2.45, 2.75) is 39.5 Å². The minimum absolute atomic E-state index is 0.0284. The summed E-state index contributed by atoms with van der Waals surface area (Å²) in [5, 5.41) is 0. The molecule has 0 radical (unpaired) electrons. The Bertz CT molecular complexity index is 274. The number of allylic oxidation sites excluding steroid dienone is 4. The van der Waals surface area contributed by atoms with Gasteiger partial charge in [0.15, 0.2) is 0 Å². The molecular formula is C11H15F3O. The number of alkyl halides is 3. The minimum Gasteiger partial charge on any atom is -0.410 e. The third kappa shape index (κ3) is 4.91. The number of ether oxygens (including phenoxy) is 1. The van der Waals surface area contributed by atoms with E-state index in [9.17, 15) is 13.2 Å². The first-order valence-electron chi connectivity index (χ1n) is 5.02. The zero-order chi connectivity index (χ0) is 11.5. The highest BCUT2D eigenvalue weighted by molar-refractivity contribution is 5.25. The van der Waals surface area contributed by atoms with Crippen LogP contribution in [0.25, 0.3) is 0 Å². The number of rotatable bonds is 3. The summed E-state index contributed by atoms with van der Waals surface area (Å²) in [6, 6.07) is 0. The van der Waals surface area contributed by atoms with Crippen LogP contribution < -0.4 is 0 Å². The third-order valence-corrected chi connectivity index (χ3v) is 2.03. The Morgan fingerprint density at radius 1 is 1.40 bits per heavy atom. The van der Waals surface area contributed by atoms with Gasteiger partial charge in [0.05, 0.1) is 0 Å². The first-order chi connectivity index (χ1) is 6.87. The van der Waals surface area contributed by atoms with Crippen LogP contribution in [0.15, 0.2) is 23.5 Å². The van der Waals surface area contributed by atoms with E-state index < -0.39 is 6.36 Å². The lowest BCUT2D eigenvalue weighted by molar-refractivity contribution is -0.306. The van der Waals surface area contributed by atoms with Crippen molar-refractivity contribution in [1.29, 1.82) is 0 Å². The summed E-state index contributed by atoms with van der Waals surface area (Å²) in [6.07, 6.45) is 0.683. The molecule has 0 aromatic heterocycles. The maximum Gasteiger partial charge on any atom is 0.572 e. The van der Waals surface area contributed by atoms with Crippen molar-refractivity contribution >= 4 is 0 Å². The van der Waals surface area contributed by atoms with Gasteiger partial charge in [0.2, 0.25) is 0 Å². The molecule has 1 aliphatic rings. The number of hydrogen-bond acceptors (Lipinski definition) is 1. The Balaban J connectivity index is 2.60. The molecule has 0 spiro atoms. The van der Waals surface area contributed by atoms with Crippen LogP contribution >= 0.6 is 0 Å². The van der Waals surface area contributed by atoms with Crippen LogP contribution in [-0.4, -0.2) is 6.36 Å². The normalized spacial score (nSPS) is 17.5. The van der Waals surface area contributed by atoms with Crippen LogP contribution in [0.3, 0.4) is 0 Å². The van der Waals surface area contributed by atoms with Crippen molar-refractivity contribution in [2.24, 2.45) is 5.92 Å². The average molecular weight is 220 g/mol. The van der Waals surface area contributed by atoms with E-state index in [0.29, 0.717) is 18.8 Å². The smallest absolute Gasteiger partial charge is 0.410 e. The molecule has 0 N–H and O–H groups in total. The Hall–Kier alpha value is -0.930. The Morgan fingerprint density at radius 2 is 2.07 bits per heavy atom. The molecule has 0 unspecified atom stereocenters. The van der Waals surface area contributed by atoms with Crippen LogP contribution in [0, 0.1) is 5.92 Å². The number of halogens is 3. The molecule has 1 rings (SSSR count). The van der Waals surface area contributed by atoms with Crippen molar-refractivity contribution in [2.75, 3.05) is 0 Å². The van der Waals surface area contributed by atoms with Crippen LogP contribution in [0.2, 0.25) is 0 Å². The Morgan fingerprint density at radius 3 is 2.60 bits per heavy atom. The summed E-state index contributed by atoms with van der Waals surface area (Å²) in [6.45, 7) is 4.07. The highest BCUT2D eigenvalue weighted by Crippen LogP contribution is 2.28. The molecule has 0 fully saturated rings. The van der Waals surface area contributed by atoms with Crippen LogP contribution in [0.4, 0.5) is 13.2 Å². The van der Waals surface area contributed by atoms with Gasteiger partial charge in [-0.2, -0.15) is 0 Å². The molecule has 1 aliphatic carbocycles. The summed E-state index contributed by atoms with van der Waals surface area (Å²) in [5.41, 5.74) is 0.940. The lowest BCUT2D eigenvalue weighted by Gasteiger charge is -2.17. The molecule has 0 aliphatic heterocycles. The second kappa shape index (κ2) is 4.73. The molecule has 1 nitrogen and oxygen atoms in total. The fourth-order valence-corrected chi connectivity index (χ4v) is 1.58. The molecule has 0 saturated heterocycles. The highest BCUT2D eigenvalue weighted by Gasteiger charge is 2.32. The quantitative estimate of drug-likeness (QED) is 0.693. The van der Waals surface area contributed by atoms with Gasteiger partial charge in [-0.05, 0) is 30.4 Å². The predicted octanol–water partition coefficient (Wildman–Crippen LogP) is 4.17. The fourth-order valence-electron chi connectivity index (χ4n) is 1.58. The maximum absolute atomic E-state index is 11.9. The molecule has 0 saturated carbocycles. The molecule has 4 heteroatoms. The molecule has 86 valence electrons.